The predicted octanol–water partition coefficient (Wildman–Crippen LogP) is 3.59. The van der Waals surface area contributed by atoms with E-state index >= 15 is 0 Å². The van der Waals surface area contributed by atoms with Crippen LogP contribution in [-0.4, -0.2) is 40.6 Å². The van der Waals surface area contributed by atoms with Crippen molar-refractivity contribution in [2.24, 2.45) is 5.92 Å². The molecular weight excluding hydrogens is 340 g/mol. The molecule has 7 heteroatoms. The lowest BCUT2D eigenvalue weighted by atomic mass is 9.97. The first-order valence-corrected chi connectivity index (χ1v) is 8.75. The molecule has 2 heterocycles. The van der Waals surface area contributed by atoms with Crippen molar-refractivity contribution in [3.8, 4) is 0 Å². The highest BCUT2D eigenvalue weighted by molar-refractivity contribution is 6.29. The van der Waals surface area contributed by atoms with Crippen molar-refractivity contribution in [3.63, 3.8) is 0 Å². The van der Waals surface area contributed by atoms with Crippen LogP contribution in [0.5, 0.6) is 0 Å². The topological polar surface area (TPSA) is 67.3 Å². The van der Waals surface area contributed by atoms with Crippen LogP contribution in [0.4, 0.5) is 10.6 Å². The molecule has 132 valence electrons. The highest BCUT2D eigenvalue weighted by atomic mass is 35.5. The lowest BCUT2D eigenvalue weighted by molar-refractivity contribution is 0.0832. The normalized spacial score (nSPS) is 15.0. The molecule has 1 N–H and O–H groups in total. The Bertz CT molecular complexity index is 690. The zero-order valence-electron chi connectivity index (χ0n) is 13.9. The number of amides is 1. The Kier molecular flexibility index (Phi) is 6.06. The van der Waals surface area contributed by atoms with E-state index in [0.717, 1.165) is 30.8 Å². The predicted molar refractivity (Wildman–Crippen MR) is 96.5 cm³/mol. The molecule has 3 rings (SSSR count). The zero-order chi connectivity index (χ0) is 17.5. The minimum absolute atomic E-state index is 0.238. The average molecular weight is 361 g/mol. The molecule has 0 saturated carbocycles. The molecule has 0 spiro atoms. The Hall–Kier alpha value is -2.34. The molecule has 1 aliphatic heterocycles. The van der Waals surface area contributed by atoms with E-state index in [0.29, 0.717) is 30.8 Å². The summed E-state index contributed by atoms with van der Waals surface area (Å²) in [5.41, 5.74) is 0.999. The number of carbonyl (C=O) groups is 1. The summed E-state index contributed by atoms with van der Waals surface area (Å²) in [4.78, 5) is 21.9. The van der Waals surface area contributed by atoms with Crippen LogP contribution in [0.2, 0.25) is 5.15 Å². The Morgan fingerprint density at radius 3 is 2.72 bits per heavy atom. The van der Waals surface area contributed by atoms with Crippen molar-refractivity contribution in [3.05, 3.63) is 53.4 Å². The van der Waals surface area contributed by atoms with Crippen molar-refractivity contribution in [2.75, 3.05) is 25.0 Å². The van der Waals surface area contributed by atoms with Crippen LogP contribution in [-0.2, 0) is 11.3 Å². The van der Waals surface area contributed by atoms with Gasteiger partial charge in [0, 0.05) is 25.7 Å². The first-order valence-electron chi connectivity index (χ1n) is 8.38. The molecule has 1 aliphatic rings. The number of rotatable bonds is 5. The summed E-state index contributed by atoms with van der Waals surface area (Å²) in [5, 5.41) is 3.70. The Morgan fingerprint density at radius 2 is 2.00 bits per heavy atom. The third-order valence-corrected chi connectivity index (χ3v) is 4.49. The maximum absolute atomic E-state index is 12.2. The summed E-state index contributed by atoms with van der Waals surface area (Å²) in [7, 11) is 0. The van der Waals surface area contributed by atoms with Gasteiger partial charge in [-0.1, -0.05) is 41.9 Å². The maximum Gasteiger partial charge on any atom is 0.410 e. The number of hydrogen-bond acceptors (Lipinski definition) is 5. The maximum atomic E-state index is 12.2. The minimum atomic E-state index is -0.238. The van der Waals surface area contributed by atoms with Gasteiger partial charge in [0.2, 0.25) is 0 Å². The van der Waals surface area contributed by atoms with Gasteiger partial charge in [0.15, 0.2) is 0 Å². The fourth-order valence-corrected chi connectivity index (χ4v) is 2.96. The largest absolute Gasteiger partial charge is 0.445 e. The van der Waals surface area contributed by atoms with E-state index < -0.39 is 0 Å². The van der Waals surface area contributed by atoms with Gasteiger partial charge in [0.25, 0.3) is 0 Å². The SMILES string of the molecule is O=C(OCc1ccccc1)N1CCC(CNc2cc(Cl)ncn2)CC1. The average Bonchev–Trinajstić information content (AvgIpc) is 2.66. The molecule has 0 unspecified atom stereocenters. The molecule has 0 bridgehead atoms. The number of likely N-dealkylation sites (tertiary alicyclic amines) is 1. The second-order valence-electron chi connectivity index (χ2n) is 6.08. The van der Waals surface area contributed by atoms with Gasteiger partial charge in [-0.15, -0.1) is 0 Å². The smallest absolute Gasteiger partial charge is 0.410 e. The van der Waals surface area contributed by atoms with Crippen LogP contribution in [0.3, 0.4) is 0 Å². The minimum Gasteiger partial charge on any atom is -0.445 e. The van der Waals surface area contributed by atoms with Gasteiger partial charge in [-0.25, -0.2) is 14.8 Å². The fraction of sp³-hybridized carbons (Fsp3) is 0.389. The second kappa shape index (κ2) is 8.67. The molecule has 0 radical (unpaired) electrons. The van der Waals surface area contributed by atoms with Gasteiger partial charge in [0.05, 0.1) is 0 Å². The van der Waals surface area contributed by atoms with E-state index in [9.17, 15) is 4.79 Å². The van der Waals surface area contributed by atoms with Crippen LogP contribution in [0.25, 0.3) is 0 Å². The standard InChI is InChI=1S/C18H21ClN4O2/c19-16-10-17(22-13-21-16)20-11-14-6-8-23(9-7-14)18(24)25-12-15-4-2-1-3-5-15/h1-5,10,13-14H,6-9,11-12H2,(H,20,21,22). The van der Waals surface area contributed by atoms with E-state index in [1.807, 2.05) is 30.3 Å². The van der Waals surface area contributed by atoms with Gasteiger partial charge in [-0.2, -0.15) is 0 Å². The molecular formula is C18H21ClN4O2. The quantitative estimate of drug-likeness (QED) is 0.825. The van der Waals surface area contributed by atoms with Crippen LogP contribution in [0, 0.1) is 5.92 Å². The van der Waals surface area contributed by atoms with Gasteiger partial charge in [-0.3, -0.25) is 0 Å². The summed E-state index contributed by atoms with van der Waals surface area (Å²) < 4.78 is 5.39. The summed E-state index contributed by atoms with van der Waals surface area (Å²) in [5.74, 6) is 1.22. The molecule has 1 aromatic heterocycles. The number of benzene rings is 1. The highest BCUT2D eigenvalue weighted by Crippen LogP contribution is 2.19. The second-order valence-corrected chi connectivity index (χ2v) is 6.46. The molecule has 2 aromatic rings. The lowest BCUT2D eigenvalue weighted by Crippen LogP contribution is -2.40. The number of hydrogen-bond donors (Lipinski definition) is 1. The number of aromatic nitrogens is 2. The van der Waals surface area contributed by atoms with Crippen molar-refractivity contribution < 1.29 is 9.53 Å². The molecule has 1 fully saturated rings. The number of piperidine rings is 1. The number of anilines is 1. The number of nitrogens with zero attached hydrogens (tertiary/aromatic N) is 3. The third-order valence-electron chi connectivity index (χ3n) is 4.28. The van der Waals surface area contributed by atoms with Crippen molar-refractivity contribution in [1.29, 1.82) is 0 Å². The molecule has 1 aromatic carbocycles. The summed E-state index contributed by atoms with van der Waals surface area (Å²) >= 11 is 5.85. The highest BCUT2D eigenvalue weighted by Gasteiger charge is 2.23. The summed E-state index contributed by atoms with van der Waals surface area (Å²) in [6, 6.07) is 11.4. The number of nitrogens with one attached hydrogen (secondary N) is 1. The first-order chi connectivity index (χ1) is 12.2. The molecule has 0 aliphatic carbocycles. The van der Waals surface area contributed by atoms with Crippen LogP contribution < -0.4 is 5.32 Å². The van der Waals surface area contributed by atoms with Crippen LogP contribution >= 0.6 is 11.6 Å². The van der Waals surface area contributed by atoms with Gasteiger partial charge < -0.3 is 15.0 Å². The first kappa shape index (κ1) is 17.5. The lowest BCUT2D eigenvalue weighted by Gasteiger charge is -2.31. The zero-order valence-corrected chi connectivity index (χ0v) is 14.7. The van der Waals surface area contributed by atoms with Gasteiger partial charge >= 0.3 is 6.09 Å². The molecule has 0 atom stereocenters. The molecule has 1 amide bonds. The number of ether oxygens (including phenoxy) is 1. The Balaban J connectivity index is 1.38. The summed E-state index contributed by atoms with van der Waals surface area (Å²) in [6.07, 6.45) is 3.08. The van der Waals surface area contributed by atoms with E-state index in [1.165, 1.54) is 6.33 Å². The Morgan fingerprint density at radius 1 is 1.24 bits per heavy atom. The van der Waals surface area contributed by atoms with E-state index in [1.54, 1.807) is 11.0 Å². The van der Waals surface area contributed by atoms with E-state index in [2.05, 4.69) is 15.3 Å². The van der Waals surface area contributed by atoms with E-state index in [-0.39, 0.29) is 6.09 Å². The third kappa shape index (κ3) is 5.32. The number of halogens is 1. The van der Waals surface area contributed by atoms with Crippen LogP contribution in [0.15, 0.2) is 42.7 Å². The van der Waals surface area contributed by atoms with Crippen molar-refractivity contribution in [2.45, 2.75) is 19.4 Å². The van der Waals surface area contributed by atoms with Gasteiger partial charge in [-0.05, 0) is 24.3 Å². The van der Waals surface area contributed by atoms with E-state index in [4.69, 9.17) is 16.3 Å². The van der Waals surface area contributed by atoms with Crippen LogP contribution in [0.1, 0.15) is 18.4 Å². The molecule has 25 heavy (non-hydrogen) atoms. The van der Waals surface area contributed by atoms with Crippen molar-refractivity contribution in [1.82, 2.24) is 14.9 Å². The number of carbonyl (C=O) groups excluding carboxylic acids is 1. The summed E-state index contributed by atoms with van der Waals surface area (Å²) in [6.45, 7) is 2.55. The fourth-order valence-electron chi connectivity index (χ4n) is 2.81. The Labute approximate surface area is 152 Å². The van der Waals surface area contributed by atoms with Gasteiger partial charge in [0.1, 0.15) is 23.9 Å². The molecule has 6 nitrogen and oxygen atoms in total. The monoisotopic (exact) mass is 360 g/mol. The molecule has 1 saturated heterocycles. The van der Waals surface area contributed by atoms with Crippen molar-refractivity contribution >= 4 is 23.5 Å².